The maximum atomic E-state index is 13.4. The molecule has 2 fully saturated rings. The van der Waals surface area contributed by atoms with Crippen LogP contribution < -0.4 is 11.4 Å². The van der Waals surface area contributed by atoms with Crippen molar-refractivity contribution in [1.82, 2.24) is 13.9 Å². The molecule has 1 aromatic heterocycles. The van der Waals surface area contributed by atoms with Gasteiger partial charge in [-0.1, -0.05) is 37.3 Å². The van der Waals surface area contributed by atoms with Gasteiger partial charge in [0.2, 0.25) is 0 Å². The first-order valence-electron chi connectivity index (χ1n) is 9.14. The number of allylic oxidation sites excluding steroid dienone is 2. The zero-order valence-corrected chi connectivity index (χ0v) is 15.3. The summed E-state index contributed by atoms with van der Waals surface area (Å²) in [6.07, 6.45) is 4.20. The summed E-state index contributed by atoms with van der Waals surface area (Å²) in [4.78, 5) is 26.7. The molecule has 1 saturated carbocycles. The fraction of sp³-hybridized carbons (Fsp3) is 0.500. The summed E-state index contributed by atoms with van der Waals surface area (Å²) >= 11 is 0. The number of benzene rings is 1. The van der Waals surface area contributed by atoms with Gasteiger partial charge in [0.1, 0.15) is 11.2 Å². The van der Waals surface area contributed by atoms with Gasteiger partial charge in [-0.25, -0.2) is 23.5 Å². The highest BCUT2D eigenvalue weighted by atomic mass is 16.6. The predicted molar refractivity (Wildman–Crippen MR) is 95.6 cm³/mol. The van der Waals surface area contributed by atoms with Gasteiger partial charge in [-0.3, -0.25) is 0 Å². The van der Waals surface area contributed by atoms with Crippen LogP contribution in [0.3, 0.4) is 0 Å². The SMILES string of the molecule is C[C@]12O[C@]1(C)[C@@H]1[C@@H]3C=C[C@@](C)(n4c(=O)n(-c5ccccc5)c(=O)n43)[C@]12C. The second-order valence-corrected chi connectivity index (χ2v) is 8.81. The minimum Gasteiger partial charge on any atom is -0.362 e. The van der Waals surface area contributed by atoms with Gasteiger partial charge in [0.15, 0.2) is 0 Å². The minimum absolute atomic E-state index is 0.160. The highest BCUT2D eigenvalue weighted by molar-refractivity contribution is 5.46. The lowest BCUT2D eigenvalue weighted by atomic mass is 9.38. The van der Waals surface area contributed by atoms with E-state index in [9.17, 15) is 9.59 Å². The zero-order chi connectivity index (χ0) is 18.3. The van der Waals surface area contributed by atoms with Crippen LogP contribution in [0.2, 0.25) is 0 Å². The average molecular weight is 351 g/mol. The summed E-state index contributed by atoms with van der Waals surface area (Å²) < 4.78 is 10.8. The summed E-state index contributed by atoms with van der Waals surface area (Å²) in [7, 11) is 0. The second kappa shape index (κ2) is 3.69. The Morgan fingerprint density at radius 2 is 1.69 bits per heavy atom. The van der Waals surface area contributed by atoms with Crippen molar-refractivity contribution in [3.05, 3.63) is 63.5 Å². The Morgan fingerprint density at radius 1 is 1.00 bits per heavy atom. The number of hydrogen-bond donors (Lipinski definition) is 0. The topological polar surface area (TPSA) is 61.5 Å². The van der Waals surface area contributed by atoms with Gasteiger partial charge in [0.05, 0.1) is 17.3 Å². The predicted octanol–water partition coefficient (Wildman–Crippen LogP) is 1.82. The molecular weight excluding hydrogens is 330 g/mol. The van der Waals surface area contributed by atoms with Gasteiger partial charge in [-0.05, 0) is 32.9 Å². The zero-order valence-electron chi connectivity index (χ0n) is 15.3. The van der Waals surface area contributed by atoms with Crippen LogP contribution >= 0.6 is 0 Å². The molecule has 1 saturated heterocycles. The molecule has 134 valence electrons. The number of para-hydroxylation sites is 1. The molecule has 6 heteroatoms. The number of ether oxygens (including phenoxy) is 1. The van der Waals surface area contributed by atoms with E-state index in [1.807, 2.05) is 18.2 Å². The third kappa shape index (κ3) is 1.08. The molecule has 5 aliphatic rings. The van der Waals surface area contributed by atoms with Crippen molar-refractivity contribution in [2.75, 3.05) is 0 Å². The molecule has 7 rings (SSSR count). The van der Waals surface area contributed by atoms with E-state index in [2.05, 4.69) is 39.8 Å². The van der Waals surface area contributed by atoms with Crippen LogP contribution in [0.1, 0.15) is 33.7 Å². The number of hydrogen-bond acceptors (Lipinski definition) is 3. The number of fused-ring (bicyclic) bond motifs is 1. The summed E-state index contributed by atoms with van der Waals surface area (Å²) in [6, 6.07) is 9.00. The van der Waals surface area contributed by atoms with Crippen LogP contribution in [-0.4, -0.2) is 25.1 Å². The number of nitrogens with zero attached hydrogens (tertiary/aromatic N) is 3. The molecule has 1 aromatic carbocycles. The first-order chi connectivity index (χ1) is 12.2. The molecule has 0 spiro atoms. The average Bonchev–Trinajstić information content (AvgIpc) is 2.98. The standard InChI is InChI=1S/C20H21N3O3/c1-17-11-10-13(14-18(17,2)20(4)19(14,3)26-20)22-15(24)21(16(25)23(17)22)12-8-6-5-7-9-12/h5-11,13-14H,1-4H3/t13-,14+,17+,18-,19+,20+/m0/s1. The Balaban J connectivity index is 1.70. The third-order valence-electron chi connectivity index (χ3n) is 8.25. The van der Waals surface area contributed by atoms with E-state index in [4.69, 9.17) is 4.74 Å². The number of aromatic nitrogens is 3. The maximum Gasteiger partial charge on any atom is 0.352 e. The van der Waals surface area contributed by atoms with Crippen molar-refractivity contribution in [3.8, 4) is 5.69 Å². The smallest absolute Gasteiger partial charge is 0.352 e. The summed E-state index contributed by atoms with van der Waals surface area (Å²) in [5.41, 5.74) is -1.28. The molecule has 4 heterocycles. The molecule has 0 N–H and O–H groups in total. The second-order valence-electron chi connectivity index (χ2n) is 8.81. The minimum atomic E-state index is -0.604. The van der Waals surface area contributed by atoms with Gasteiger partial charge in [0, 0.05) is 11.3 Å². The van der Waals surface area contributed by atoms with Crippen LogP contribution in [0.15, 0.2) is 52.1 Å². The summed E-state index contributed by atoms with van der Waals surface area (Å²) in [5, 5.41) is 0. The molecule has 6 nitrogen and oxygen atoms in total. The molecule has 2 bridgehead atoms. The molecule has 26 heavy (non-hydrogen) atoms. The Hall–Kier alpha value is -2.34. The van der Waals surface area contributed by atoms with Gasteiger partial charge >= 0.3 is 11.4 Å². The van der Waals surface area contributed by atoms with E-state index >= 15 is 0 Å². The Labute approximate surface area is 150 Å². The van der Waals surface area contributed by atoms with Crippen LogP contribution in [-0.2, 0) is 10.3 Å². The fourth-order valence-corrected chi connectivity index (χ4v) is 6.64. The molecule has 0 amide bonds. The Kier molecular flexibility index (Phi) is 2.10. The molecule has 0 radical (unpaired) electrons. The van der Waals surface area contributed by atoms with Crippen molar-refractivity contribution < 1.29 is 4.74 Å². The van der Waals surface area contributed by atoms with Crippen LogP contribution in [0.25, 0.3) is 5.69 Å². The largest absolute Gasteiger partial charge is 0.362 e. The first kappa shape index (κ1) is 14.8. The molecule has 2 aromatic rings. The first-order valence-corrected chi connectivity index (χ1v) is 9.14. The van der Waals surface area contributed by atoms with Gasteiger partial charge in [0.25, 0.3) is 0 Å². The molecule has 0 unspecified atom stereocenters. The summed E-state index contributed by atoms with van der Waals surface area (Å²) in [6.45, 7) is 8.55. The van der Waals surface area contributed by atoms with E-state index < -0.39 is 5.54 Å². The molecule has 3 aliphatic heterocycles. The van der Waals surface area contributed by atoms with Crippen LogP contribution in [0, 0.1) is 11.3 Å². The van der Waals surface area contributed by atoms with Crippen molar-refractivity contribution >= 4 is 0 Å². The van der Waals surface area contributed by atoms with E-state index in [-0.39, 0.29) is 40.0 Å². The van der Waals surface area contributed by atoms with Crippen molar-refractivity contribution in [2.45, 2.75) is 50.5 Å². The van der Waals surface area contributed by atoms with Crippen LogP contribution in [0.4, 0.5) is 0 Å². The molecule has 2 aliphatic carbocycles. The highest BCUT2D eigenvalue weighted by Gasteiger charge is 2.94. The van der Waals surface area contributed by atoms with Crippen LogP contribution in [0.5, 0.6) is 0 Å². The molecule has 6 atom stereocenters. The van der Waals surface area contributed by atoms with E-state index in [0.717, 1.165) is 0 Å². The number of epoxide rings is 1. The maximum absolute atomic E-state index is 13.4. The quantitative estimate of drug-likeness (QED) is 0.582. The number of rotatable bonds is 1. The van der Waals surface area contributed by atoms with Crippen molar-refractivity contribution in [3.63, 3.8) is 0 Å². The lowest BCUT2D eigenvalue weighted by Gasteiger charge is -2.67. The van der Waals surface area contributed by atoms with E-state index in [1.54, 1.807) is 21.5 Å². The van der Waals surface area contributed by atoms with E-state index in [1.165, 1.54) is 4.57 Å². The molecular formula is C20H21N3O3. The lowest BCUT2D eigenvalue weighted by Crippen LogP contribution is -2.77. The van der Waals surface area contributed by atoms with Gasteiger partial charge in [-0.2, -0.15) is 0 Å². The Morgan fingerprint density at radius 3 is 2.38 bits per heavy atom. The van der Waals surface area contributed by atoms with Crippen molar-refractivity contribution in [1.29, 1.82) is 0 Å². The fourth-order valence-electron chi connectivity index (χ4n) is 6.64. The Bertz CT molecular complexity index is 1140. The van der Waals surface area contributed by atoms with Crippen molar-refractivity contribution in [2.24, 2.45) is 11.3 Å². The normalized spacial score (nSPS) is 46.3. The van der Waals surface area contributed by atoms with Gasteiger partial charge in [-0.15, -0.1) is 0 Å². The lowest BCUT2D eigenvalue weighted by molar-refractivity contribution is -0.148. The monoisotopic (exact) mass is 351 g/mol. The highest BCUT2D eigenvalue weighted by Crippen LogP contribution is 2.84. The summed E-state index contributed by atoms with van der Waals surface area (Å²) in [5.74, 6) is 0.179. The third-order valence-corrected chi connectivity index (χ3v) is 8.25. The van der Waals surface area contributed by atoms with Gasteiger partial charge < -0.3 is 4.74 Å². The van der Waals surface area contributed by atoms with E-state index in [0.29, 0.717) is 5.69 Å².